The number of hydrogen-bond acceptors (Lipinski definition) is 4. The molecule has 1 atom stereocenters. The van der Waals surface area contributed by atoms with Crippen molar-refractivity contribution in [1.29, 1.82) is 0 Å². The molecule has 0 N–H and O–H groups in total. The molecule has 1 aliphatic heterocycles. The first-order chi connectivity index (χ1) is 11.1. The van der Waals surface area contributed by atoms with Crippen LogP contribution in [0, 0.1) is 0 Å². The van der Waals surface area contributed by atoms with Gasteiger partial charge in [0, 0.05) is 11.9 Å². The highest BCUT2D eigenvalue weighted by Gasteiger charge is 2.31. The zero-order chi connectivity index (χ0) is 16.4. The van der Waals surface area contributed by atoms with Crippen LogP contribution in [0.5, 0.6) is 11.5 Å². The molecule has 4 nitrogen and oxygen atoms in total. The van der Waals surface area contributed by atoms with E-state index >= 15 is 0 Å². The maximum atomic E-state index is 12.6. The van der Waals surface area contributed by atoms with Gasteiger partial charge in [-0.05, 0) is 36.2 Å². The minimum absolute atomic E-state index is 0.128. The second-order valence-corrected chi connectivity index (χ2v) is 6.61. The summed E-state index contributed by atoms with van der Waals surface area (Å²) in [5.74, 6) is 1.51. The van der Waals surface area contributed by atoms with Crippen molar-refractivity contribution in [3.63, 3.8) is 0 Å². The van der Waals surface area contributed by atoms with Gasteiger partial charge in [0.25, 0.3) is 0 Å². The van der Waals surface area contributed by atoms with Crippen LogP contribution in [0.3, 0.4) is 0 Å². The lowest BCUT2D eigenvalue weighted by atomic mass is 10.1. The van der Waals surface area contributed by atoms with E-state index in [-0.39, 0.29) is 11.2 Å². The summed E-state index contributed by atoms with van der Waals surface area (Å²) >= 11 is 1.62. The normalized spacial score (nSPS) is 16.9. The summed E-state index contributed by atoms with van der Waals surface area (Å²) in [5.41, 5.74) is 2.03. The number of benzene rings is 2. The first-order valence-corrected chi connectivity index (χ1v) is 8.26. The molecule has 0 saturated carbocycles. The van der Waals surface area contributed by atoms with Gasteiger partial charge < -0.3 is 14.4 Å². The van der Waals surface area contributed by atoms with Crippen molar-refractivity contribution in [2.75, 3.05) is 26.2 Å². The summed E-state index contributed by atoms with van der Waals surface area (Å²) in [5, 5.41) is -0.131. The third-order valence-corrected chi connectivity index (χ3v) is 5.22. The third-order valence-electron chi connectivity index (χ3n) is 3.97. The second kappa shape index (κ2) is 6.54. The largest absolute Gasteiger partial charge is 0.493 e. The van der Waals surface area contributed by atoms with Crippen LogP contribution >= 0.6 is 11.8 Å². The first kappa shape index (κ1) is 15.7. The van der Waals surface area contributed by atoms with E-state index in [1.54, 1.807) is 30.9 Å². The smallest absolute Gasteiger partial charge is 0.240 e. The van der Waals surface area contributed by atoms with Gasteiger partial charge in [0.2, 0.25) is 5.91 Å². The molecule has 1 heterocycles. The fraction of sp³-hybridized carbons (Fsp3) is 0.278. The van der Waals surface area contributed by atoms with Crippen LogP contribution in [0.4, 0.5) is 5.69 Å². The van der Waals surface area contributed by atoms with Crippen LogP contribution in [0.15, 0.2) is 47.4 Å². The Bertz CT molecular complexity index is 732. The summed E-state index contributed by atoms with van der Waals surface area (Å²) in [4.78, 5) is 15.5. The van der Waals surface area contributed by atoms with Gasteiger partial charge >= 0.3 is 0 Å². The highest BCUT2D eigenvalue weighted by Crippen LogP contribution is 2.40. The molecule has 1 unspecified atom stereocenters. The zero-order valence-corrected chi connectivity index (χ0v) is 14.2. The molecule has 0 aliphatic carbocycles. The average Bonchev–Trinajstić information content (AvgIpc) is 2.59. The minimum Gasteiger partial charge on any atom is -0.493 e. The van der Waals surface area contributed by atoms with Gasteiger partial charge in [-0.3, -0.25) is 4.79 Å². The van der Waals surface area contributed by atoms with Crippen LogP contribution < -0.4 is 14.4 Å². The van der Waals surface area contributed by atoms with E-state index in [0.717, 1.165) is 16.1 Å². The van der Waals surface area contributed by atoms with Gasteiger partial charge in [-0.15, -0.1) is 11.8 Å². The molecule has 0 bridgehead atoms. The number of anilines is 1. The highest BCUT2D eigenvalue weighted by molar-refractivity contribution is 8.01. The maximum absolute atomic E-state index is 12.6. The predicted molar refractivity (Wildman–Crippen MR) is 92.7 cm³/mol. The van der Waals surface area contributed by atoms with Gasteiger partial charge in [-0.2, -0.15) is 0 Å². The van der Waals surface area contributed by atoms with Gasteiger partial charge in [-0.1, -0.05) is 18.2 Å². The molecule has 1 amide bonds. The van der Waals surface area contributed by atoms with Gasteiger partial charge in [-0.25, -0.2) is 0 Å². The fourth-order valence-electron chi connectivity index (χ4n) is 2.72. The van der Waals surface area contributed by atoms with Crippen LogP contribution in [-0.2, 0) is 11.2 Å². The molecule has 0 aromatic heterocycles. The molecule has 0 spiro atoms. The molecule has 2 aromatic carbocycles. The van der Waals surface area contributed by atoms with Crippen molar-refractivity contribution in [2.24, 2.45) is 0 Å². The van der Waals surface area contributed by atoms with Crippen LogP contribution in [0.2, 0.25) is 0 Å². The standard InChI is InChI=1S/C18H19NO3S/c1-19-13-6-4-5-7-16(13)23-17(18(19)20)11-12-8-9-14(21-2)15(10-12)22-3/h4-10,17H,11H2,1-3H3. The summed E-state index contributed by atoms with van der Waals surface area (Å²) in [7, 11) is 5.07. The van der Waals surface area contributed by atoms with Gasteiger partial charge in [0.05, 0.1) is 25.2 Å². The SMILES string of the molecule is COc1ccc(CC2Sc3ccccc3N(C)C2=O)cc1OC. The van der Waals surface area contributed by atoms with Crippen LogP contribution in [-0.4, -0.2) is 32.4 Å². The Kier molecular flexibility index (Phi) is 4.48. The number of hydrogen-bond donors (Lipinski definition) is 0. The number of amides is 1. The van der Waals surface area contributed by atoms with Crippen molar-refractivity contribution >= 4 is 23.4 Å². The first-order valence-electron chi connectivity index (χ1n) is 7.38. The lowest BCUT2D eigenvalue weighted by molar-refractivity contribution is -0.117. The molecule has 2 aromatic rings. The molecule has 0 saturated heterocycles. The van der Waals surface area contributed by atoms with Crippen molar-refractivity contribution in [2.45, 2.75) is 16.6 Å². The van der Waals surface area contributed by atoms with E-state index in [1.165, 1.54) is 0 Å². The van der Waals surface area contributed by atoms with E-state index in [0.29, 0.717) is 17.9 Å². The molecule has 0 fully saturated rings. The molecular weight excluding hydrogens is 310 g/mol. The number of thioether (sulfide) groups is 1. The quantitative estimate of drug-likeness (QED) is 0.862. The number of carbonyl (C=O) groups excluding carboxylic acids is 1. The number of methoxy groups -OCH3 is 2. The molecule has 5 heteroatoms. The summed E-state index contributed by atoms with van der Waals surface area (Å²) in [6, 6.07) is 13.8. The molecular formula is C18H19NO3S. The van der Waals surface area contributed by atoms with E-state index in [4.69, 9.17) is 9.47 Å². The summed E-state index contributed by atoms with van der Waals surface area (Å²) in [6.45, 7) is 0. The summed E-state index contributed by atoms with van der Waals surface area (Å²) in [6.07, 6.45) is 0.655. The number of rotatable bonds is 4. The highest BCUT2D eigenvalue weighted by atomic mass is 32.2. The minimum atomic E-state index is -0.131. The van der Waals surface area contributed by atoms with Crippen molar-refractivity contribution in [3.05, 3.63) is 48.0 Å². The Morgan fingerprint density at radius 1 is 1.09 bits per heavy atom. The van der Waals surface area contributed by atoms with Crippen molar-refractivity contribution in [1.82, 2.24) is 0 Å². The Morgan fingerprint density at radius 3 is 2.57 bits per heavy atom. The Balaban J connectivity index is 1.85. The molecule has 23 heavy (non-hydrogen) atoms. The van der Waals surface area contributed by atoms with E-state index in [9.17, 15) is 4.79 Å². The second-order valence-electron chi connectivity index (χ2n) is 5.36. The van der Waals surface area contributed by atoms with E-state index in [2.05, 4.69) is 6.07 Å². The van der Waals surface area contributed by atoms with Crippen LogP contribution in [0.25, 0.3) is 0 Å². The monoisotopic (exact) mass is 329 g/mol. The Morgan fingerprint density at radius 2 is 1.83 bits per heavy atom. The number of ether oxygens (including phenoxy) is 2. The van der Waals surface area contributed by atoms with E-state index in [1.807, 2.05) is 43.4 Å². The Labute approximate surface area is 140 Å². The third kappa shape index (κ3) is 3.01. The van der Waals surface area contributed by atoms with E-state index < -0.39 is 0 Å². The maximum Gasteiger partial charge on any atom is 0.240 e. The summed E-state index contributed by atoms with van der Waals surface area (Å²) < 4.78 is 10.6. The number of carbonyl (C=O) groups is 1. The van der Waals surface area contributed by atoms with Crippen molar-refractivity contribution in [3.8, 4) is 11.5 Å². The molecule has 0 radical (unpaired) electrons. The predicted octanol–water partition coefficient (Wildman–Crippen LogP) is 3.38. The van der Waals surface area contributed by atoms with Gasteiger partial charge in [0.15, 0.2) is 11.5 Å². The van der Waals surface area contributed by atoms with Gasteiger partial charge in [0.1, 0.15) is 0 Å². The average molecular weight is 329 g/mol. The number of para-hydroxylation sites is 1. The van der Waals surface area contributed by atoms with Crippen LogP contribution in [0.1, 0.15) is 5.56 Å². The fourth-order valence-corrected chi connectivity index (χ4v) is 4.05. The molecule has 3 rings (SSSR count). The Hall–Kier alpha value is -2.14. The lowest BCUT2D eigenvalue weighted by Crippen LogP contribution is -2.39. The molecule has 1 aliphatic rings. The number of fused-ring (bicyclic) bond motifs is 1. The zero-order valence-electron chi connectivity index (χ0n) is 13.4. The lowest BCUT2D eigenvalue weighted by Gasteiger charge is -2.31. The number of nitrogens with zero attached hydrogens (tertiary/aromatic N) is 1. The van der Waals surface area contributed by atoms with Crippen molar-refractivity contribution < 1.29 is 14.3 Å². The topological polar surface area (TPSA) is 38.8 Å². The molecule has 120 valence electrons.